The average Bonchev–Trinajstić information content (AvgIpc) is 2.59. The zero-order valence-corrected chi connectivity index (χ0v) is 12.1. The van der Waals surface area contributed by atoms with Crippen molar-refractivity contribution in [3.63, 3.8) is 0 Å². The first-order valence-corrected chi connectivity index (χ1v) is 6.35. The monoisotopic (exact) mass is 232 g/mol. The molecule has 16 heavy (non-hydrogen) atoms. The fraction of sp³-hybridized carbons (Fsp3) is 0.929. The van der Waals surface area contributed by atoms with Gasteiger partial charge in [0.1, 0.15) is 5.78 Å². The van der Waals surface area contributed by atoms with Crippen LogP contribution in [0.1, 0.15) is 67.2 Å². The lowest BCUT2D eigenvalue weighted by Crippen LogP contribution is -2.37. The van der Waals surface area contributed by atoms with Crippen molar-refractivity contribution in [3.05, 3.63) is 0 Å². The third kappa shape index (κ3) is 3.57. The fourth-order valence-electron chi connectivity index (χ4n) is 2.41. The van der Waals surface area contributed by atoms with E-state index >= 15 is 0 Å². The van der Waals surface area contributed by atoms with Crippen molar-refractivity contribution >= 4 is 5.78 Å². The topological polar surface area (TPSA) is 17.1 Å². The minimum absolute atomic E-state index is 0.0399. The van der Waals surface area contributed by atoms with Crippen molar-refractivity contribution < 1.29 is 9.18 Å². The second-order valence-corrected chi connectivity index (χ2v) is 4.85. The largest absolute Gasteiger partial charge is 0.299 e. The molecule has 1 aliphatic rings. The zero-order valence-electron chi connectivity index (χ0n) is 12.1. The van der Waals surface area contributed by atoms with Crippen LogP contribution in [0.15, 0.2) is 0 Å². The van der Waals surface area contributed by atoms with Crippen molar-refractivity contribution in [2.45, 2.75) is 67.2 Å². The Morgan fingerprint density at radius 1 is 1.12 bits per heavy atom. The Kier molecular flexibility index (Phi) is 8.77. The summed E-state index contributed by atoms with van der Waals surface area (Å²) >= 11 is 0. The molecule has 1 unspecified atom stereocenters. The summed E-state index contributed by atoms with van der Waals surface area (Å²) in [6.45, 7) is 12.6. The molecular weight excluding hydrogens is 203 g/mol. The van der Waals surface area contributed by atoms with E-state index in [2.05, 4.69) is 20.8 Å². The van der Waals surface area contributed by atoms with Crippen LogP contribution in [-0.4, -0.2) is 13.0 Å². The first-order chi connectivity index (χ1) is 7.44. The fourth-order valence-corrected chi connectivity index (χ4v) is 2.41. The summed E-state index contributed by atoms with van der Waals surface area (Å²) in [6, 6.07) is 0. The van der Waals surface area contributed by atoms with Crippen LogP contribution >= 0.6 is 0 Å². The van der Waals surface area contributed by atoms with E-state index < -0.39 is 0 Å². The number of halogens is 1. The Morgan fingerprint density at radius 3 is 1.81 bits per heavy atom. The van der Waals surface area contributed by atoms with Crippen LogP contribution < -0.4 is 0 Å². The van der Waals surface area contributed by atoms with Gasteiger partial charge in [-0.1, -0.05) is 48.0 Å². The predicted molar refractivity (Wildman–Crippen MR) is 69.4 cm³/mol. The Bertz CT molecular complexity index is 199. The van der Waals surface area contributed by atoms with Crippen molar-refractivity contribution in [1.82, 2.24) is 0 Å². The Labute approximate surface area is 101 Å². The highest BCUT2D eigenvalue weighted by Gasteiger charge is 2.48. The molecule has 1 atom stereocenters. The standard InChI is InChI=1S/C11H20O.C2H6.CH3F/c1-5-9(12)11(4)8-6-7-10(11,2)3;2*1-2/h5-8H2,1-4H3;1-2H3;1H3. The number of carbonyl (C=O) groups is 1. The summed E-state index contributed by atoms with van der Waals surface area (Å²) in [5, 5.41) is 0. The number of Topliss-reactive ketones (excluding diaryl/α,β-unsaturated/α-hetero) is 1. The number of alkyl halides is 1. The molecule has 98 valence electrons. The van der Waals surface area contributed by atoms with Crippen LogP contribution in [0.2, 0.25) is 0 Å². The van der Waals surface area contributed by atoms with Crippen molar-refractivity contribution in [3.8, 4) is 0 Å². The van der Waals surface area contributed by atoms with Crippen molar-refractivity contribution in [1.29, 1.82) is 0 Å². The van der Waals surface area contributed by atoms with E-state index in [0.717, 1.165) is 6.42 Å². The summed E-state index contributed by atoms with van der Waals surface area (Å²) in [6.07, 6.45) is 4.21. The Balaban J connectivity index is 0. The second kappa shape index (κ2) is 7.81. The molecule has 1 saturated carbocycles. The smallest absolute Gasteiger partial charge is 0.139 e. The van der Waals surface area contributed by atoms with Gasteiger partial charge in [0.15, 0.2) is 0 Å². The van der Waals surface area contributed by atoms with E-state index in [4.69, 9.17) is 0 Å². The van der Waals surface area contributed by atoms with Gasteiger partial charge in [0, 0.05) is 11.8 Å². The van der Waals surface area contributed by atoms with E-state index in [0.29, 0.717) is 19.4 Å². The molecule has 1 nitrogen and oxygen atoms in total. The molecule has 1 fully saturated rings. The molecule has 0 saturated heterocycles. The number of carbonyl (C=O) groups excluding carboxylic acids is 1. The van der Waals surface area contributed by atoms with Gasteiger partial charge < -0.3 is 0 Å². The first kappa shape index (κ1) is 18.0. The molecule has 0 radical (unpaired) electrons. The normalized spacial score (nSPS) is 26.0. The van der Waals surface area contributed by atoms with Gasteiger partial charge in [0.25, 0.3) is 0 Å². The molecule has 0 aromatic carbocycles. The van der Waals surface area contributed by atoms with Crippen LogP contribution in [0.5, 0.6) is 0 Å². The molecule has 2 heteroatoms. The maximum Gasteiger partial charge on any atom is 0.139 e. The first-order valence-electron chi connectivity index (χ1n) is 6.35. The third-order valence-corrected chi connectivity index (χ3v) is 3.91. The molecular formula is C14H29FO. The minimum atomic E-state index is -0.0399. The number of rotatable bonds is 2. The van der Waals surface area contributed by atoms with Gasteiger partial charge in [-0.3, -0.25) is 9.18 Å². The van der Waals surface area contributed by atoms with E-state index in [1.165, 1.54) is 12.8 Å². The summed E-state index contributed by atoms with van der Waals surface area (Å²) in [4.78, 5) is 11.8. The van der Waals surface area contributed by atoms with Crippen LogP contribution in [-0.2, 0) is 4.79 Å². The van der Waals surface area contributed by atoms with Crippen molar-refractivity contribution in [2.24, 2.45) is 10.8 Å². The van der Waals surface area contributed by atoms with Gasteiger partial charge in [0.05, 0.1) is 7.18 Å². The lowest BCUT2D eigenvalue weighted by Gasteiger charge is -2.36. The summed E-state index contributed by atoms with van der Waals surface area (Å²) in [5.74, 6) is 0.449. The molecule has 0 spiro atoms. The van der Waals surface area contributed by atoms with E-state index in [-0.39, 0.29) is 10.8 Å². The molecule has 0 N–H and O–H groups in total. The van der Waals surface area contributed by atoms with Gasteiger partial charge in [-0.25, -0.2) is 0 Å². The van der Waals surface area contributed by atoms with Gasteiger partial charge in [0.2, 0.25) is 0 Å². The molecule has 0 aromatic heterocycles. The van der Waals surface area contributed by atoms with Crippen LogP contribution in [0.3, 0.4) is 0 Å². The van der Waals surface area contributed by atoms with Gasteiger partial charge >= 0.3 is 0 Å². The summed E-state index contributed by atoms with van der Waals surface area (Å²) < 4.78 is 9.50. The Hall–Kier alpha value is -0.400. The quantitative estimate of drug-likeness (QED) is 0.668. The lowest BCUT2D eigenvalue weighted by molar-refractivity contribution is -0.132. The predicted octanol–water partition coefficient (Wildman–Crippen LogP) is 4.79. The highest BCUT2D eigenvalue weighted by atomic mass is 19.1. The van der Waals surface area contributed by atoms with E-state index in [1.807, 2.05) is 20.8 Å². The molecule has 0 heterocycles. The minimum Gasteiger partial charge on any atom is -0.299 e. The second-order valence-electron chi connectivity index (χ2n) is 4.85. The molecule has 0 bridgehead atoms. The van der Waals surface area contributed by atoms with E-state index in [9.17, 15) is 9.18 Å². The van der Waals surface area contributed by atoms with Crippen LogP contribution in [0.4, 0.5) is 4.39 Å². The highest BCUT2D eigenvalue weighted by Crippen LogP contribution is 2.53. The highest BCUT2D eigenvalue weighted by molar-refractivity contribution is 5.85. The number of hydrogen-bond acceptors (Lipinski definition) is 1. The van der Waals surface area contributed by atoms with Gasteiger partial charge in [-0.2, -0.15) is 0 Å². The SMILES string of the molecule is CC.CCC(=O)C1(C)CCCC1(C)C.CF. The van der Waals surface area contributed by atoms with Crippen molar-refractivity contribution in [2.75, 3.05) is 7.18 Å². The van der Waals surface area contributed by atoms with Crippen LogP contribution in [0, 0.1) is 10.8 Å². The number of ketones is 1. The molecule has 1 rings (SSSR count). The zero-order chi connectivity index (χ0) is 13.4. The van der Waals surface area contributed by atoms with Crippen LogP contribution in [0.25, 0.3) is 0 Å². The van der Waals surface area contributed by atoms with Gasteiger partial charge in [-0.05, 0) is 18.3 Å². The average molecular weight is 232 g/mol. The molecule has 0 amide bonds. The number of hydrogen-bond donors (Lipinski definition) is 0. The maximum absolute atomic E-state index is 11.8. The van der Waals surface area contributed by atoms with Gasteiger partial charge in [-0.15, -0.1) is 0 Å². The lowest BCUT2D eigenvalue weighted by atomic mass is 9.66. The Morgan fingerprint density at radius 2 is 1.56 bits per heavy atom. The maximum atomic E-state index is 11.8. The van der Waals surface area contributed by atoms with E-state index in [1.54, 1.807) is 0 Å². The summed E-state index contributed by atoms with van der Waals surface area (Å²) in [5.41, 5.74) is 0.182. The third-order valence-electron chi connectivity index (χ3n) is 3.91. The summed E-state index contributed by atoms with van der Waals surface area (Å²) in [7, 11) is 0.500. The molecule has 0 aliphatic heterocycles. The molecule has 0 aromatic rings. The molecule has 1 aliphatic carbocycles.